The Kier molecular flexibility index (Phi) is 3.59. The molecule has 0 amide bonds. The molecule has 0 heterocycles. The molecule has 19 heavy (non-hydrogen) atoms. The van der Waals surface area contributed by atoms with E-state index in [1.165, 1.54) is 0 Å². The number of hydrogen-bond donors (Lipinski definition) is 3. The van der Waals surface area contributed by atoms with Gasteiger partial charge in [-0.2, -0.15) is 0 Å². The van der Waals surface area contributed by atoms with E-state index in [0.717, 1.165) is 12.0 Å². The molecule has 4 N–H and O–H groups in total. The van der Waals surface area contributed by atoms with Crippen LogP contribution in [0.1, 0.15) is 30.4 Å². The van der Waals surface area contributed by atoms with Crippen molar-refractivity contribution in [2.24, 2.45) is 0 Å². The van der Waals surface area contributed by atoms with E-state index in [1.54, 1.807) is 26.0 Å². The fraction of sp³-hybridized carbons (Fsp3) is 0.538. The van der Waals surface area contributed by atoms with E-state index in [4.69, 9.17) is 5.73 Å². The largest absolute Gasteiger partial charge is 0.398 e. The van der Waals surface area contributed by atoms with Gasteiger partial charge in [0.25, 0.3) is 0 Å². The second kappa shape index (κ2) is 4.77. The number of hydrogen-bond acceptors (Lipinski definition) is 4. The van der Waals surface area contributed by atoms with Crippen LogP contribution in [0, 0.1) is 13.8 Å². The van der Waals surface area contributed by atoms with Gasteiger partial charge in [-0.15, -0.1) is 0 Å². The van der Waals surface area contributed by atoms with Gasteiger partial charge in [0, 0.05) is 5.69 Å². The molecular weight excluding hydrogens is 264 g/mol. The molecule has 0 spiro atoms. The van der Waals surface area contributed by atoms with Crippen molar-refractivity contribution in [3.05, 3.63) is 23.3 Å². The number of sulfonamides is 1. The van der Waals surface area contributed by atoms with Crippen molar-refractivity contribution in [3.63, 3.8) is 0 Å². The highest BCUT2D eigenvalue weighted by atomic mass is 32.2. The molecule has 0 aromatic heterocycles. The zero-order valence-corrected chi connectivity index (χ0v) is 12.0. The molecule has 106 valence electrons. The van der Waals surface area contributed by atoms with Crippen molar-refractivity contribution in [2.45, 2.75) is 43.5 Å². The van der Waals surface area contributed by atoms with Crippen molar-refractivity contribution in [1.29, 1.82) is 0 Å². The Balaban J connectivity index is 2.40. The molecule has 0 unspecified atom stereocenters. The number of rotatable bonds is 4. The van der Waals surface area contributed by atoms with Crippen LogP contribution >= 0.6 is 0 Å². The summed E-state index contributed by atoms with van der Waals surface area (Å²) >= 11 is 0. The number of nitrogens with one attached hydrogen (secondary N) is 1. The monoisotopic (exact) mass is 284 g/mol. The van der Waals surface area contributed by atoms with Crippen molar-refractivity contribution in [1.82, 2.24) is 4.72 Å². The van der Waals surface area contributed by atoms with Gasteiger partial charge in [0.1, 0.15) is 0 Å². The second-order valence-electron chi connectivity index (χ2n) is 5.37. The summed E-state index contributed by atoms with van der Waals surface area (Å²) in [6.07, 6.45) is 2.27. The number of aliphatic hydroxyl groups is 1. The molecule has 1 saturated carbocycles. The summed E-state index contributed by atoms with van der Waals surface area (Å²) in [6, 6.07) is 3.36. The lowest BCUT2D eigenvalue weighted by Gasteiger charge is -2.40. The van der Waals surface area contributed by atoms with Gasteiger partial charge in [0.2, 0.25) is 10.0 Å². The van der Waals surface area contributed by atoms with Gasteiger partial charge >= 0.3 is 0 Å². The Bertz CT molecular complexity index is 587. The van der Waals surface area contributed by atoms with E-state index in [9.17, 15) is 13.5 Å². The lowest BCUT2D eigenvalue weighted by Crippen LogP contribution is -2.56. The fourth-order valence-corrected chi connectivity index (χ4v) is 4.18. The molecule has 1 aliphatic rings. The minimum atomic E-state index is -3.66. The molecule has 1 aliphatic carbocycles. The molecule has 1 fully saturated rings. The van der Waals surface area contributed by atoms with Crippen LogP contribution in [0.3, 0.4) is 0 Å². The molecule has 1 aromatic rings. The summed E-state index contributed by atoms with van der Waals surface area (Å²) in [7, 11) is -3.66. The molecule has 0 saturated heterocycles. The zero-order valence-electron chi connectivity index (χ0n) is 11.2. The van der Waals surface area contributed by atoms with E-state index in [1.807, 2.05) is 0 Å². The third-order valence-electron chi connectivity index (χ3n) is 3.80. The zero-order chi connectivity index (χ0) is 14.3. The van der Waals surface area contributed by atoms with Gasteiger partial charge in [-0.1, -0.05) is 0 Å². The predicted octanol–water partition coefficient (Wildman–Crippen LogP) is 1.08. The van der Waals surface area contributed by atoms with E-state index in [-0.39, 0.29) is 11.5 Å². The molecule has 0 aliphatic heterocycles. The van der Waals surface area contributed by atoms with Crippen LogP contribution in [0.4, 0.5) is 5.69 Å². The van der Waals surface area contributed by atoms with Gasteiger partial charge in [0.05, 0.1) is 17.0 Å². The Hall–Kier alpha value is -1.11. The molecule has 1 aromatic carbocycles. The minimum absolute atomic E-state index is 0.174. The van der Waals surface area contributed by atoms with Gasteiger partial charge in [-0.25, -0.2) is 13.1 Å². The summed E-state index contributed by atoms with van der Waals surface area (Å²) in [5.74, 6) is 0. The topological polar surface area (TPSA) is 92.4 Å². The number of benzene rings is 1. The summed E-state index contributed by atoms with van der Waals surface area (Å²) in [6.45, 7) is 3.32. The SMILES string of the molecule is Cc1cc(N)c(C)c(S(=O)(=O)NC2(CO)CCC2)c1. The van der Waals surface area contributed by atoms with Gasteiger partial charge in [-0.3, -0.25) is 0 Å². The molecule has 0 bridgehead atoms. The Morgan fingerprint density at radius 2 is 2.00 bits per heavy atom. The van der Waals surface area contributed by atoms with Gasteiger partial charge in [-0.05, 0) is 56.4 Å². The molecule has 0 radical (unpaired) electrons. The quantitative estimate of drug-likeness (QED) is 0.721. The maximum atomic E-state index is 12.4. The Morgan fingerprint density at radius 1 is 1.37 bits per heavy atom. The van der Waals surface area contributed by atoms with Gasteiger partial charge < -0.3 is 10.8 Å². The number of nitrogen functional groups attached to an aromatic ring is 1. The normalized spacial score (nSPS) is 18.1. The van der Waals surface area contributed by atoms with E-state index < -0.39 is 15.6 Å². The van der Waals surface area contributed by atoms with Crippen molar-refractivity contribution in [3.8, 4) is 0 Å². The van der Waals surface area contributed by atoms with E-state index in [0.29, 0.717) is 24.1 Å². The molecule has 0 atom stereocenters. The smallest absolute Gasteiger partial charge is 0.241 e. The number of aliphatic hydroxyl groups excluding tert-OH is 1. The lowest BCUT2D eigenvalue weighted by molar-refractivity contribution is 0.110. The van der Waals surface area contributed by atoms with Crippen molar-refractivity contribution >= 4 is 15.7 Å². The predicted molar refractivity (Wildman–Crippen MR) is 74.3 cm³/mol. The van der Waals surface area contributed by atoms with Crippen LogP contribution in [0.15, 0.2) is 17.0 Å². The Labute approximate surface area is 113 Å². The second-order valence-corrected chi connectivity index (χ2v) is 7.03. The minimum Gasteiger partial charge on any atom is -0.398 e. The fourth-order valence-electron chi connectivity index (χ4n) is 2.37. The molecular formula is C13H20N2O3S. The van der Waals surface area contributed by atoms with Crippen LogP contribution in [0.25, 0.3) is 0 Å². The number of nitrogens with two attached hydrogens (primary N) is 1. The summed E-state index contributed by atoms with van der Waals surface area (Å²) < 4.78 is 27.5. The van der Waals surface area contributed by atoms with E-state index >= 15 is 0 Å². The number of aryl methyl sites for hydroxylation is 1. The lowest BCUT2D eigenvalue weighted by atomic mass is 9.78. The first-order valence-electron chi connectivity index (χ1n) is 6.31. The molecule has 6 heteroatoms. The van der Waals surface area contributed by atoms with Crippen LogP contribution in [0.5, 0.6) is 0 Å². The Morgan fingerprint density at radius 3 is 2.47 bits per heavy atom. The van der Waals surface area contributed by atoms with Crippen molar-refractivity contribution in [2.75, 3.05) is 12.3 Å². The van der Waals surface area contributed by atoms with Crippen LogP contribution in [0.2, 0.25) is 0 Å². The first kappa shape index (κ1) is 14.3. The summed E-state index contributed by atoms with van der Waals surface area (Å²) in [5, 5.41) is 9.37. The molecule has 2 rings (SSSR count). The van der Waals surface area contributed by atoms with E-state index in [2.05, 4.69) is 4.72 Å². The van der Waals surface area contributed by atoms with Gasteiger partial charge in [0.15, 0.2) is 0 Å². The maximum absolute atomic E-state index is 12.4. The number of anilines is 1. The van der Waals surface area contributed by atoms with Crippen LogP contribution in [-0.4, -0.2) is 25.7 Å². The van der Waals surface area contributed by atoms with Crippen molar-refractivity contribution < 1.29 is 13.5 Å². The highest BCUT2D eigenvalue weighted by Crippen LogP contribution is 2.33. The highest BCUT2D eigenvalue weighted by molar-refractivity contribution is 7.89. The average molecular weight is 284 g/mol. The average Bonchev–Trinajstić information content (AvgIpc) is 2.28. The maximum Gasteiger partial charge on any atom is 0.241 e. The first-order valence-corrected chi connectivity index (χ1v) is 7.80. The van der Waals surface area contributed by atoms with Crippen LogP contribution < -0.4 is 10.5 Å². The standard InChI is InChI=1S/C13H20N2O3S/c1-9-6-11(14)10(2)12(7-9)19(17,18)15-13(8-16)4-3-5-13/h6-7,15-16H,3-5,8,14H2,1-2H3. The van der Waals surface area contributed by atoms with Crippen LogP contribution in [-0.2, 0) is 10.0 Å². The third kappa shape index (κ3) is 2.61. The summed E-state index contributed by atoms with van der Waals surface area (Å²) in [5.41, 5.74) is 6.94. The summed E-state index contributed by atoms with van der Waals surface area (Å²) in [4.78, 5) is 0.199. The third-order valence-corrected chi connectivity index (χ3v) is 5.50. The highest BCUT2D eigenvalue weighted by Gasteiger charge is 2.40. The first-order chi connectivity index (χ1) is 8.80. The molecule has 5 nitrogen and oxygen atoms in total.